The van der Waals surface area contributed by atoms with E-state index in [-0.39, 0.29) is 0 Å². The second kappa shape index (κ2) is 5.08. The van der Waals surface area contributed by atoms with Gasteiger partial charge in [-0.25, -0.2) is 0 Å². The van der Waals surface area contributed by atoms with Gasteiger partial charge in [0, 0.05) is 16.5 Å². The van der Waals surface area contributed by atoms with Crippen molar-refractivity contribution in [1.82, 2.24) is 4.57 Å². The molecule has 0 bridgehead atoms. The highest BCUT2D eigenvalue weighted by atomic mass is 35.5. The molecule has 22 heavy (non-hydrogen) atoms. The Morgan fingerprint density at radius 1 is 0.818 bits per heavy atom. The molecule has 0 aliphatic heterocycles. The maximum Gasteiger partial charge on any atom is 0.137 e. The predicted octanol–water partition coefficient (Wildman–Crippen LogP) is 5.45. The SMILES string of the molecule is COc1ccc(-n2c3ccccc3c3ccccc32)cc1Cl. The van der Waals surface area contributed by atoms with Crippen molar-refractivity contribution in [1.29, 1.82) is 0 Å². The summed E-state index contributed by atoms with van der Waals surface area (Å²) in [5.74, 6) is 0.686. The molecule has 3 heteroatoms. The van der Waals surface area contributed by atoms with Gasteiger partial charge in [0.2, 0.25) is 0 Å². The second-order valence-electron chi connectivity index (χ2n) is 5.19. The summed E-state index contributed by atoms with van der Waals surface area (Å²) in [6.07, 6.45) is 0. The largest absolute Gasteiger partial charge is 0.495 e. The molecule has 0 aliphatic carbocycles. The molecule has 1 heterocycles. The topological polar surface area (TPSA) is 14.2 Å². The van der Waals surface area contributed by atoms with Crippen molar-refractivity contribution in [3.8, 4) is 11.4 Å². The number of halogens is 1. The summed E-state index contributed by atoms with van der Waals surface area (Å²) in [6, 6.07) is 22.7. The van der Waals surface area contributed by atoms with Gasteiger partial charge in [0.15, 0.2) is 0 Å². The van der Waals surface area contributed by atoms with Crippen molar-refractivity contribution < 1.29 is 4.74 Å². The van der Waals surface area contributed by atoms with Gasteiger partial charge in [-0.1, -0.05) is 48.0 Å². The van der Waals surface area contributed by atoms with Crippen LogP contribution in [0.25, 0.3) is 27.5 Å². The Balaban J connectivity index is 2.10. The van der Waals surface area contributed by atoms with E-state index in [1.54, 1.807) is 7.11 Å². The van der Waals surface area contributed by atoms with Crippen molar-refractivity contribution in [2.45, 2.75) is 0 Å². The lowest BCUT2D eigenvalue weighted by Crippen LogP contribution is -1.94. The zero-order valence-electron chi connectivity index (χ0n) is 12.1. The minimum atomic E-state index is 0.613. The first-order chi connectivity index (χ1) is 10.8. The molecular weight excluding hydrogens is 294 g/mol. The minimum absolute atomic E-state index is 0.613. The maximum atomic E-state index is 6.31. The number of hydrogen-bond donors (Lipinski definition) is 0. The van der Waals surface area contributed by atoms with E-state index in [2.05, 4.69) is 53.1 Å². The highest BCUT2D eigenvalue weighted by Gasteiger charge is 2.12. The quantitative estimate of drug-likeness (QED) is 0.480. The van der Waals surface area contributed by atoms with E-state index in [1.807, 2.05) is 18.2 Å². The van der Waals surface area contributed by atoms with Gasteiger partial charge in [-0.2, -0.15) is 0 Å². The number of methoxy groups -OCH3 is 1. The van der Waals surface area contributed by atoms with Gasteiger partial charge in [-0.3, -0.25) is 0 Å². The molecular formula is C19H14ClNO. The number of para-hydroxylation sites is 2. The molecule has 2 nitrogen and oxygen atoms in total. The zero-order valence-corrected chi connectivity index (χ0v) is 12.8. The van der Waals surface area contributed by atoms with Gasteiger partial charge in [-0.05, 0) is 30.3 Å². The number of fused-ring (bicyclic) bond motifs is 3. The van der Waals surface area contributed by atoms with Crippen LogP contribution < -0.4 is 4.74 Å². The number of rotatable bonds is 2. The normalized spacial score (nSPS) is 11.2. The summed E-state index contributed by atoms with van der Waals surface area (Å²) in [4.78, 5) is 0. The van der Waals surface area contributed by atoms with Crippen molar-refractivity contribution in [2.75, 3.05) is 7.11 Å². The average molecular weight is 308 g/mol. The second-order valence-corrected chi connectivity index (χ2v) is 5.60. The smallest absolute Gasteiger partial charge is 0.137 e. The summed E-state index contributed by atoms with van der Waals surface area (Å²) >= 11 is 6.31. The van der Waals surface area contributed by atoms with Crippen LogP contribution in [0.15, 0.2) is 66.7 Å². The molecule has 4 rings (SSSR count). The third-order valence-corrected chi connectivity index (χ3v) is 4.27. The van der Waals surface area contributed by atoms with Gasteiger partial charge in [0.1, 0.15) is 5.75 Å². The fourth-order valence-corrected chi connectivity index (χ4v) is 3.25. The number of ether oxygens (including phenoxy) is 1. The lowest BCUT2D eigenvalue weighted by molar-refractivity contribution is 0.415. The van der Waals surface area contributed by atoms with Crippen LogP contribution in [0.4, 0.5) is 0 Å². The molecule has 1 aromatic heterocycles. The Kier molecular flexibility index (Phi) is 3.05. The molecule has 0 N–H and O–H groups in total. The van der Waals surface area contributed by atoms with Gasteiger partial charge >= 0.3 is 0 Å². The van der Waals surface area contributed by atoms with E-state index in [0.717, 1.165) is 5.69 Å². The maximum absolute atomic E-state index is 6.31. The fourth-order valence-electron chi connectivity index (χ4n) is 3.00. The monoisotopic (exact) mass is 307 g/mol. The Morgan fingerprint density at radius 2 is 1.41 bits per heavy atom. The van der Waals surface area contributed by atoms with Crippen molar-refractivity contribution in [2.24, 2.45) is 0 Å². The predicted molar refractivity (Wildman–Crippen MR) is 92.3 cm³/mol. The summed E-state index contributed by atoms with van der Waals surface area (Å²) < 4.78 is 7.48. The molecule has 3 aromatic carbocycles. The van der Waals surface area contributed by atoms with Crippen molar-refractivity contribution in [3.05, 3.63) is 71.8 Å². The third kappa shape index (κ3) is 1.88. The number of benzene rings is 3. The molecule has 0 saturated carbocycles. The van der Waals surface area contributed by atoms with Crippen molar-refractivity contribution in [3.63, 3.8) is 0 Å². The lowest BCUT2D eigenvalue weighted by Gasteiger charge is -2.10. The Bertz CT molecular complexity index is 934. The minimum Gasteiger partial charge on any atom is -0.495 e. The van der Waals surface area contributed by atoms with Gasteiger partial charge in [0.25, 0.3) is 0 Å². The van der Waals surface area contributed by atoms with Gasteiger partial charge < -0.3 is 9.30 Å². The van der Waals surface area contributed by atoms with Crippen LogP contribution in [0.3, 0.4) is 0 Å². The van der Waals surface area contributed by atoms with Crippen molar-refractivity contribution >= 4 is 33.4 Å². The molecule has 0 unspecified atom stereocenters. The molecule has 0 saturated heterocycles. The Morgan fingerprint density at radius 3 is 1.95 bits per heavy atom. The van der Waals surface area contributed by atoms with E-state index in [1.165, 1.54) is 21.8 Å². The summed E-state index contributed by atoms with van der Waals surface area (Å²) in [5, 5.41) is 3.09. The number of nitrogens with zero attached hydrogens (tertiary/aromatic N) is 1. The summed E-state index contributed by atoms with van der Waals surface area (Å²) in [7, 11) is 1.63. The molecule has 0 amide bonds. The first kappa shape index (κ1) is 13.2. The fraction of sp³-hybridized carbons (Fsp3) is 0.0526. The van der Waals surface area contributed by atoms with Crippen LogP contribution in [0.2, 0.25) is 5.02 Å². The van der Waals surface area contributed by atoms with Crippen LogP contribution >= 0.6 is 11.6 Å². The van der Waals surface area contributed by atoms with Crippen LogP contribution in [0, 0.1) is 0 Å². The molecule has 0 atom stereocenters. The third-order valence-electron chi connectivity index (χ3n) is 3.97. The standard InChI is InChI=1S/C19H14ClNO/c1-22-19-11-10-13(12-16(19)20)21-17-8-4-2-6-14(17)15-7-3-5-9-18(15)21/h2-12H,1H3. The van der Waals surface area contributed by atoms with Gasteiger partial charge in [0.05, 0.1) is 23.2 Å². The Hall–Kier alpha value is -2.45. The van der Waals surface area contributed by atoms with E-state index in [4.69, 9.17) is 16.3 Å². The first-order valence-electron chi connectivity index (χ1n) is 7.11. The molecule has 0 spiro atoms. The average Bonchev–Trinajstić information content (AvgIpc) is 2.89. The molecule has 0 radical (unpaired) electrons. The molecule has 0 aliphatic rings. The zero-order chi connectivity index (χ0) is 15.1. The highest BCUT2D eigenvalue weighted by molar-refractivity contribution is 6.32. The lowest BCUT2D eigenvalue weighted by atomic mass is 10.2. The molecule has 108 valence electrons. The van der Waals surface area contributed by atoms with E-state index < -0.39 is 0 Å². The van der Waals surface area contributed by atoms with E-state index in [0.29, 0.717) is 10.8 Å². The van der Waals surface area contributed by atoms with Crippen LogP contribution in [-0.2, 0) is 0 Å². The van der Waals surface area contributed by atoms with Crippen LogP contribution in [-0.4, -0.2) is 11.7 Å². The molecule has 4 aromatic rings. The Labute approximate surface area is 133 Å². The summed E-state index contributed by atoms with van der Waals surface area (Å²) in [5.41, 5.74) is 3.37. The summed E-state index contributed by atoms with van der Waals surface area (Å²) in [6.45, 7) is 0. The number of hydrogen-bond acceptors (Lipinski definition) is 1. The van der Waals surface area contributed by atoms with Crippen LogP contribution in [0.1, 0.15) is 0 Å². The highest BCUT2D eigenvalue weighted by Crippen LogP contribution is 2.34. The molecule has 0 fully saturated rings. The first-order valence-corrected chi connectivity index (χ1v) is 7.49. The number of aromatic nitrogens is 1. The van der Waals surface area contributed by atoms with E-state index in [9.17, 15) is 0 Å². The van der Waals surface area contributed by atoms with Crippen LogP contribution in [0.5, 0.6) is 5.75 Å². The van der Waals surface area contributed by atoms with Gasteiger partial charge in [-0.15, -0.1) is 0 Å². The van der Waals surface area contributed by atoms with E-state index >= 15 is 0 Å².